The van der Waals surface area contributed by atoms with E-state index in [-0.39, 0.29) is 7.43 Å². The molecule has 0 bridgehead atoms. The first kappa shape index (κ1) is 19.4. The van der Waals surface area contributed by atoms with Crippen molar-refractivity contribution >= 4 is 0 Å². The van der Waals surface area contributed by atoms with Crippen LogP contribution in [0.15, 0.2) is 12.1 Å². The second kappa shape index (κ2) is 8.45. The summed E-state index contributed by atoms with van der Waals surface area (Å²) in [7, 11) is 0. The molecule has 0 saturated heterocycles. The van der Waals surface area contributed by atoms with Gasteiger partial charge in [0.2, 0.25) is 0 Å². The van der Waals surface area contributed by atoms with Gasteiger partial charge < -0.3 is 0 Å². The Morgan fingerprint density at radius 2 is 1.38 bits per heavy atom. The highest BCUT2D eigenvalue weighted by atomic mass is 19.2. The van der Waals surface area contributed by atoms with Crippen molar-refractivity contribution < 1.29 is 8.78 Å². The highest BCUT2D eigenvalue weighted by molar-refractivity contribution is 5.25. The zero-order valence-electron chi connectivity index (χ0n) is 14.6. The minimum absolute atomic E-state index is 0. The van der Waals surface area contributed by atoms with Gasteiger partial charge in [0.25, 0.3) is 0 Å². The Bertz CT molecular complexity index is 521. The normalized spacial score (nSPS) is 30.7. The van der Waals surface area contributed by atoms with Gasteiger partial charge in [0, 0.05) is 0 Å². The third-order valence-corrected chi connectivity index (χ3v) is 6.48. The molecular weight excluding hydrogens is 302 g/mol. The predicted octanol–water partition coefficient (Wildman–Crippen LogP) is 7.08. The first-order valence-electron chi connectivity index (χ1n) is 9.48. The van der Waals surface area contributed by atoms with E-state index in [0.29, 0.717) is 23.5 Å². The fourth-order valence-corrected chi connectivity index (χ4v) is 4.78. The van der Waals surface area contributed by atoms with Gasteiger partial charge in [-0.25, -0.2) is 8.78 Å². The van der Waals surface area contributed by atoms with Crippen LogP contribution in [0.25, 0.3) is 0 Å². The van der Waals surface area contributed by atoms with Gasteiger partial charge in [-0.3, -0.25) is 0 Å². The molecule has 0 unspecified atom stereocenters. The standard InChI is InChI=1S/C21H30F2.CH4/c1-14-3-8-17(9-4-14)18-11-6-16(7-12-18)13-19-10-5-15(2)20(22)21(19)23;/h5,10,14,16-18H,3-4,6-9,11-13H2,1-2H3;1H4. The summed E-state index contributed by atoms with van der Waals surface area (Å²) >= 11 is 0. The maximum absolute atomic E-state index is 14.0. The molecule has 0 spiro atoms. The molecule has 2 heteroatoms. The van der Waals surface area contributed by atoms with Crippen LogP contribution >= 0.6 is 0 Å². The van der Waals surface area contributed by atoms with Crippen LogP contribution in [-0.2, 0) is 6.42 Å². The van der Waals surface area contributed by atoms with Crippen molar-refractivity contribution in [2.75, 3.05) is 0 Å². The van der Waals surface area contributed by atoms with Crippen LogP contribution in [0, 0.1) is 42.2 Å². The zero-order valence-corrected chi connectivity index (χ0v) is 14.6. The van der Waals surface area contributed by atoms with E-state index in [0.717, 1.165) is 17.8 Å². The summed E-state index contributed by atoms with van der Waals surface area (Å²) in [6, 6.07) is 3.49. The van der Waals surface area contributed by atoms with Crippen molar-refractivity contribution in [1.29, 1.82) is 0 Å². The lowest BCUT2D eigenvalue weighted by atomic mass is 9.69. The molecule has 0 aliphatic heterocycles. The van der Waals surface area contributed by atoms with Gasteiger partial charge in [-0.15, -0.1) is 0 Å². The lowest BCUT2D eigenvalue weighted by Crippen LogP contribution is -2.26. The molecule has 1 aromatic carbocycles. The largest absolute Gasteiger partial charge is 0.203 e. The summed E-state index contributed by atoms with van der Waals surface area (Å²) in [6.45, 7) is 4.00. The van der Waals surface area contributed by atoms with Crippen LogP contribution < -0.4 is 0 Å². The van der Waals surface area contributed by atoms with Crippen molar-refractivity contribution in [2.24, 2.45) is 23.7 Å². The van der Waals surface area contributed by atoms with E-state index in [1.165, 1.54) is 51.4 Å². The fourth-order valence-electron chi connectivity index (χ4n) is 4.78. The van der Waals surface area contributed by atoms with Crippen LogP contribution in [0.2, 0.25) is 0 Å². The molecule has 2 aliphatic rings. The molecule has 2 saturated carbocycles. The maximum Gasteiger partial charge on any atom is 0.162 e. The van der Waals surface area contributed by atoms with Gasteiger partial charge in [0.05, 0.1) is 0 Å². The van der Waals surface area contributed by atoms with Gasteiger partial charge in [-0.1, -0.05) is 39.3 Å². The molecule has 3 rings (SSSR count). The molecule has 2 fully saturated rings. The van der Waals surface area contributed by atoms with Gasteiger partial charge in [0.1, 0.15) is 0 Å². The fraction of sp³-hybridized carbons (Fsp3) is 0.727. The third kappa shape index (κ3) is 4.37. The van der Waals surface area contributed by atoms with Gasteiger partial charge >= 0.3 is 0 Å². The van der Waals surface area contributed by atoms with E-state index < -0.39 is 11.6 Å². The van der Waals surface area contributed by atoms with E-state index >= 15 is 0 Å². The lowest BCUT2D eigenvalue weighted by molar-refractivity contribution is 0.150. The van der Waals surface area contributed by atoms with Gasteiger partial charge in [-0.2, -0.15) is 0 Å². The van der Waals surface area contributed by atoms with Gasteiger partial charge in [-0.05, 0) is 86.7 Å². The molecule has 0 amide bonds. The first-order chi connectivity index (χ1) is 11.0. The van der Waals surface area contributed by atoms with E-state index in [1.807, 2.05) is 0 Å². The summed E-state index contributed by atoms with van der Waals surface area (Å²) in [5.74, 6) is 1.99. The molecule has 0 radical (unpaired) electrons. The number of hydrogen-bond acceptors (Lipinski definition) is 0. The molecule has 24 heavy (non-hydrogen) atoms. The van der Waals surface area contributed by atoms with Crippen LogP contribution in [-0.4, -0.2) is 0 Å². The van der Waals surface area contributed by atoms with E-state index in [4.69, 9.17) is 0 Å². The van der Waals surface area contributed by atoms with Crippen molar-refractivity contribution in [1.82, 2.24) is 0 Å². The van der Waals surface area contributed by atoms with E-state index in [2.05, 4.69) is 6.92 Å². The average Bonchev–Trinajstić information content (AvgIpc) is 2.57. The minimum Gasteiger partial charge on any atom is -0.203 e. The summed E-state index contributed by atoms with van der Waals surface area (Å²) in [6.07, 6.45) is 11.3. The monoisotopic (exact) mass is 336 g/mol. The van der Waals surface area contributed by atoms with Crippen LogP contribution in [0.3, 0.4) is 0 Å². The lowest BCUT2D eigenvalue weighted by Gasteiger charge is -2.37. The number of halogens is 2. The number of benzene rings is 1. The maximum atomic E-state index is 14.0. The first-order valence-corrected chi connectivity index (χ1v) is 9.48. The molecule has 0 nitrogen and oxygen atoms in total. The minimum atomic E-state index is -0.660. The third-order valence-electron chi connectivity index (χ3n) is 6.48. The Hall–Kier alpha value is -0.920. The predicted molar refractivity (Wildman–Crippen MR) is 98.1 cm³/mol. The Labute approximate surface area is 147 Å². The van der Waals surface area contributed by atoms with Crippen molar-refractivity contribution in [3.63, 3.8) is 0 Å². The van der Waals surface area contributed by atoms with Crippen LogP contribution in [0.5, 0.6) is 0 Å². The van der Waals surface area contributed by atoms with Crippen LogP contribution in [0.4, 0.5) is 8.78 Å². The van der Waals surface area contributed by atoms with E-state index in [9.17, 15) is 8.78 Å². The summed E-state index contributed by atoms with van der Waals surface area (Å²) in [5, 5.41) is 0. The molecule has 1 aromatic rings. The summed E-state index contributed by atoms with van der Waals surface area (Å²) in [5.41, 5.74) is 0.976. The molecular formula is C22H34F2. The van der Waals surface area contributed by atoms with Crippen molar-refractivity contribution in [2.45, 2.75) is 79.1 Å². The van der Waals surface area contributed by atoms with Crippen LogP contribution in [0.1, 0.15) is 76.8 Å². The SMILES string of the molecule is C.Cc1ccc(CC2CCC(C3CCC(C)CC3)CC2)c(F)c1F. The Morgan fingerprint density at radius 3 is 1.96 bits per heavy atom. The Balaban J connectivity index is 0.00000208. The Morgan fingerprint density at radius 1 is 0.833 bits per heavy atom. The summed E-state index contributed by atoms with van der Waals surface area (Å²) < 4.78 is 27.8. The second-order valence-electron chi connectivity index (χ2n) is 8.17. The zero-order chi connectivity index (χ0) is 16.4. The number of aryl methyl sites for hydroxylation is 1. The quantitative estimate of drug-likeness (QED) is 0.553. The molecule has 0 N–H and O–H groups in total. The topological polar surface area (TPSA) is 0 Å². The highest BCUT2D eigenvalue weighted by Crippen LogP contribution is 2.42. The van der Waals surface area contributed by atoms with Crippen molar-refractivity contribution in [3.05, 3.63) is 34.9 Å². The molecule has 2 aliphatic carbocycles. The molecule has 0 heterocycles. The number of hydrogen-bond donors (Lipinski definition) is 0. The average molecular weight is 337 g/mol. The molecule has 136 valence electrons. The van der Waals surface area contributed by atoms with Crippen molar-refractivity contribution in [3.8, 4) is 0 Å². The molecule has 0 atom stereocenters. The smallest absolute Gasteiger partial charge is 0.162 e. The van der Waals surface area contributed by atoms with Gasteiger partial charge in [0.15, 0.2) is 11.6 Å². The summed E-state index contributed by atoms with van der Waals surface area (Å²) in [4.78, 5) is 0. The molecule has 0 aromatic heterocycles. The number of rotatable bonds is 3. The highest BCUT2D eigenvalue weighted by Gasteiger charge is 2.30. The van der Waals surface area contributed by atoms with E-state index in [1.54, 1.807) is 19.1 Å². The second-order valence-corrected chi connectivity index (χ2v) is 8.17. The Kier molecular flexibility index (Phi) is 6.83.